The van der Waals surface area contributed by atoms with Gasteiger partial charge in [-0.15, -0.1) is 0 Å². The molecule has 0 saturated heterocycles. The van der Waals surface area contributed by atoms with Crippen LogP contribution in [0.5, 0.6) is 0 Å². The molecule has 3 aliphatic rings. The third-order valence-corrected chi connectivity index (χ3v) is 8.81. The molecule has 5 rings (SSSR count). The highest BCUT2D eigenvalue weighted by atomic mass is 15.0. The van der Waals surface area contributed by atoms with Gasteiger partial charge in [0.05, 0.1) is 0 Å². The normalized spacial score (nSPS) is 26.0. The monoisotopic (exact) mass is 435 g/mol. The molecule has 32 heavy (non-hydrogen) atoms. The van der Waals surface area contributed by atoms with E-state index in [0.717, 1.165) is 12.5 Å². The van der Waals surface area contributed by atoms with Crippen molar-refractivity contribution in [3.8, 4) is 0 Å². The van der Waals surface area contributed by atoms with Crippen LogP contribution in [0.4, 0.5) is 0 Å². The fourth-order valence-corrected chi connectivity index (χ4v) is 6.80. The maximum atomic E-state index is 6.08. The largest absolute Gasteiger partial charge is 0.344 e. The Morgan fingerprint density at radius 3 is 2.31 bits per heavy atom. The van der Waals surface area contributed by atoms with Crippen LogP contribution in [0, 0.1) is 0 Å². The Labute approximate surface area is 195 Å². The van der Waals surface area contributed by atoms with Gasteiger partial charge in [-0.3, -0.25) is 0 Å². The van der Waals surface area contributed by atoms with Gasteiger partial charge in [0.25, 0.3) is 0 Å². The summed E-state index contributed by atoms with van der Waals surface area (Å²) in [6.45, 7) is 1.14. The topological polar surface area (TPSA) is 43.0 Å². The van der Waals surface area contributed by atoms with Crippen LogP contribution in [-0.4, -0.2) is 23.2 Å². The van der Waals surface area contributed by atoms with E-state index >= 15 is 0 Å². The Hall–Kier alpha value is -1.32. The third kappa shape index (κ3) is 5.25. The summed E-state index contributed by atoms with van der Waals surface area (Å²) >= 11 is 0. The molecule has 1 aromatic carbocycles. The molecule has 3 aliphatic carbocycles. The van der Waals surface area contributed by atoms with Gasteiger partial charge in [0, 0.05) is 35.2 Å². The summed E-state index contributed by atoms with van der Waals surface area (Å²) in [7, 11) is 0. The number of hydrogen-bond donors (Lipinski definition) is 2. The minimum Gasteiger partial charge on any atom is -0.344 e. The summed E-state index contributed by atoms with van der Waals surface area (Å²) in [5.41, 5.74) is 10.8. The number of nitrogens with two attached hydrogens (primary N) is 1. The number of nitrogens with one attached hydrogen (secondary N) is 1. The summed E-state index contributed by atoms with van der Waals surface area (Å²) in [6, 6.07) is 9.38. The van der Waals surface area contributed by atoms with Crippen molar-refractivity contribution in [3.05, 3.63) is 35.5 Å². The number of aromatic nitrogens is 1. The maximum absolute atomic E-state index is 6.08. The van der Waals surface area contributed by atoms with E-state index in [0.29, 0.717) is 18.1 Å². The average Bonchev–Trinajstić information content (AvgIpc) is 3.22. The number of aryl methyl sites for hydroxylation is 1. The molecule has 176 valence electrons. The highest BCUT2D eigenvalue weighted by Crippen LogP contribution is 2.38. The van der Waals surface area contributed by atoms with Crippen LogP contribution < -0.4 is 11.1 Å². The fraction of sp³-hybridized carbons (Fsp3) is 0.724. The van der Waals surface area contributed by atoms with Crippen LogP contribution in [0.15, 0.2) is 24.4 Å². The zero-order valence-corrected chi connectivity index (χ0v) is 20.2. The molecule has 1 heterocycles. The van der Waals surface area contributed by atoms with Gasteiger partial charge in [-0.1, -0.05) is 44.6 Å². The summed E-state index contributed by atoms with van der Waals surface area (Å²) in [5.74, 6) is 0.790. The van der Waals surface area contributed by atoms with E-state index in [2.05, 4.69) is 34.3 Å². The van der Waals surface area contributed by atoms with E-state index in [9.17, 15) is 0 Å². The third-order valence-electron chi connectivity index (χ3n) is 8.81. The number of fused-ring (bicyclic) bond motifs is 1. The Morgan fingerprint density at radius 2 is 1.56 bits per heavy atom. The Bertz CT molecular complexity index is 849. The van der Waals surface area contributed by atoms with E-state index in [-0.39, 0.29) is 0 Å². The zero-order valence-electron chi connectivity index (χ0n) is 20.2. The van der Waals surface area contributed by atoms with Gasteiger partial charge >= 0.3 is 0 Å². The van der Waals surface area contributed by atoms with Crippen molar-refractivity contribution in [2.45, 2.75) is 127 Å². The number of hydrogen-bond acceptors (Lipinski definition) is 2. The molecule has 0 aliphatic heterocycles. The highest BCUT2D eigenvalue weighted by Gasteiger charge is 2.22. The first-order chi connectivity index (χ1) is 15.8. The quantitative estimate of drug-likeness (QED) is 0.460. The van der Waals surface area contributed by atoms with E-state index < -0.39 is 0 Å². The fourth-order valence-electron chi connectivity index (χ4n) is 6.80. The van der Waals surface area contributed by atoms with Crippen molar-refractivity contribution in [2.24, 2.45) is 5.73 Å². The van der Waals surface area contributed by atoms with Crippen molar-refractivity contribution in [3.63, 3.8) is 0 Å². The van der Waals surface area contributed by atoms with E-state index in [1.807, 2.05) is 0 Å². The van der Waals surface area contributed by atoms with Crippen LogP contribution in [-0.2, 0) is 6.42 Å². The molecule has 0 radical (unpaired) electrons. The van der Waals surface area contributed by atoms with Gasteiger partial charge in [0.2, 0.25) is 0 Å². The molecule has 3 heteroatoms. The van der Waals surface area contributed by atoms with Gasteiger partial charge in [-0.2, -0.15) is 0 Å². The standard InChI is InChI=1S/C29H45N3/c30-25-14-16-26(17-15-25)31-19-7-10-24-21-32(27-11-5-2-6-12-27)29-18-13-23(20-28(24)29)22-8-3-1-4-9-22/h13,18,20-22,25-27,31H,1-12,14-17,19,30H2. The van der Waals surface area contributed by atoms with Crippen LogP contribution in [0.2, 0.25) is 0 Å². The Balaban J connectivity index is 1.31. The van der Waals surface area contributed by atoms with E-state index in [4.69, 9.17) is 5.73 Å². The molecule has 3 N–H and O–H groups in total. The van der Waals surface area contributed by atoms with Crippen molar-refractivity contribution >= 4 is 10.9 Å². The SMILES string of the molecule is NC1CCC(NCCCc2cn(C3CCCCC3)c3ccc(C4CCCCC4)cc23)CC1. The first-order valence-electron chi connectivity index (χ1n) is 13.9. The molecular weight excluding hydrogens is 390 g/mol. The van der Waals surface area contributed by atoms with Crippen LogP contribution in [0.3, 0.4) is 0 Å². The molecule has 3 nitrogen and oxygen atoms in total. The smallest absolute Gasteiger partial charge is 0.0485 e. The molecule has 0 spiro atoms. The average molecular weight is 436 g/mol. The molecule has 0 amide bonds. The molecule has 3 saturated carbocycles. The Kier molecular flexibility index (Phi) is 7.54. The predicted molar refractivity (Wildman–Crippen MR) is 136 cm³/mol. The molecule has 2 aromatic rings. The van der Waals surface area contributed by atoms with Crippen LogP contribution >= 0.6 is 0 Å². The number of benzene rings is 1. The highest BCUT2D eigenvalue weighted by molar-refractivity contribution is 5.85. The lowest BCUT2D eigenvalue weighted by Gasteiger charge is -2.26. The summed E-state index contributed by atoms with van der Waals surface area (Å²) in [4.78, 5) is 0. The first kappa shape index (κ1) is 22.5. The van der Waals surface area contributed by atoms with Gasteiger partial charge in [0.1, 0.15) is 0 Å². The lowest BCUT2D eigenvalue weighted by atomic mass is 9.83. The number of nitrogens with zero attached hydrogens (tertiary/aromatic N) is 1. The maximum Gasteiger partial charge on any atom is 0.0485 e. The predicted octanol–water partition coefficient (Wildman–Crippen LogP) is 6.99. The Morgan fingerprint density at radius 1 is 0.844 bits per heavy atom. The van der Waals surface area contributed by atoms with Crippen molar-refractivity contribution in [2.75, 3.05) is 6.54 Å². The molecule has 0 bridgehead atoms. The second-order valence-electron chi connectivity index (χ2n) is 11.1. The van der Waals surface area contributed by atoms with Crippen LogP contribution in [0.25, 0.3) is 10.9 Å². The van der Waals surface area contributed by atoms with Crippen molar-refractivity contribution in [1.82, 2.24) is 9.88 Å². The zero-order chi connectivity index (χ0) is 21.8. The molecule has 1 aromatic heterocycles. The van der Waals surface area contributed by atoms with Gasteiger partial charge in [0.15, 0.2) is 0 Å². The lowest BCUT2D eigenvalue weighted by Crippen LogP contribution is -2.37. The van der Waals surface area contributed by atoms with Gasteiger partial charge in [-0.05, 0) is 99.9 Å². The second-order valence-corrected chi connectivity index (χ2v) is 11.1. The minimum absolute atomic E-state index is 0.442. The summed E-state index contributed by atoms with van der Waals surface area (Å²) < 4.78 is 2.67. The van der Waals surface area contributed by atoms with Crippen molar-refractivity contribution < 1.29 is 0 Å². The van der Waals surface area contributed by atoms with Crippen molar-refractivity contribution in [1.29, 1.82) is 0 Å². The lowest BCUT2D eigenvalue weighted by molar-refractivity contribution is 0.342. The molecule has 3 fully saturated rings. The first-order valence-corrected chi connectivity index (χ1v) is 13.9. The molecule has 0 unspecified atom stereocenters. The summed E-state index contributed by atoms with van der Waals surface area (Å²) in [5, 5.41) is 5.39. The van der Waals surface area contributed by atoms with E-state index in [1.165, 1.54) is 108 Å². The molecular formula is C29H45N3. The van der Waals surface area contributed by atoms with E-state index in [1.54, 1.807) is 16.5 Å². The van der Waals surface area contributed by atoms with Gasteiger partial charge in [-0.25, -0.2) is 0 Å². The molecule has 0 atom stereocenters. The van der Waals surface area contributed by atoms with Gasteiger partial charge < -0.3 is 15.6 Å². The summed E-state index contributed by atoms with van der Waals surface area (Å²) in [6.07, 6.45) is 23.8. The minimum atomic E-state index is 0.442. The number of rotatable bonds is 7. The second kappa shape index (κ2) is 10.7. The van der Waals surface area contributed by atoms with Crippen LogP contribution in [0.1, 0.15) is 119 Å².